The molecule has 1 aromatic carbocycles. The lowest BCUT2D eigenvalue weighted by atomic mass is 10.2. The average molecular weight is 478 g/mol. The molecule has 0 unspecified atom stereocenters. The van der Waals surface area contributed by atoms with E-state index in [4.69, 9.17) is 4.74 Å². The predicted octanol–water partition coefficient (Wildman–Crippen LogP) is 2.68. The third-order valence-electron chi connectivity index (χ3n) is 5.85. The van der Waals surface area contributed by atoms with Gasteiger partial charge in [-0.25, -0.2) is 15.0 Å². The van der Waals surface area contributed by atoms with Crippen LogP contribution in [0.1, 0.15) is 12.0 Å². The van der Waals surface area contributed by atoms with E-state index in [9.17, 15) is 14.9 Å². The second-order valence-corrected chi connectivity index (χ2v) is 8.02. The summed E-state index contributed by atoms with van der Waals surface area (Å²) >= 11 is 0. The van der Waals surface area contributed by atoms with Crippen LogP contribution >= 0.6 is 0 Å². The maximum absolute atomic E-state index is 12.3. The number of pyridine rings is 1. The van der Waals surface area contributed by atoms with Crippen LogP contribution in [0.25, 0.3) is 0 Å². The number of aromatic nitrogens is 3. The highest BCUT2D eigenvalue weighted by molar-refractivity contribution is 5.73. The number of esters is 1. The van der Waals surface area contributed by atoms with E-state index in [0.717, 1.165) is 11.4 Å². The van der Waals surface area contributed by atoms with E-state index in [-0.39, 0.29) is 30.3 Å². The molecule has 3 heterocycles. The summed E-state index contributed by atoms with van der Waals surface area (Å²) in [5.74, 6) is 0.934. The standard InChI is InChI=1S/C24H27N7O4/c1-35-21(32)10-12-30(17-19-7-3-2-4-8-19)24-22(31(33)34)23(26-18-27-24)29-15-13-28(14-16-29)20-9-5-6-11-25-20/h2-9,11,18H,10,12-17H2,1H3. The first-order valence-corrected chi connectivity index (χ1v) is 11.3. The molecule has 1 fully saturated rings. The van der Waals surface area contributed by atoms with Gasteiger partial charge < -0.3 is 19.4 Å². The highest BCUT2D eigenvalue weighted by Gasteiger charge is 2.32. The fraction of sp³-hybridized carbons (Fsp3) is 0.333. The fourth-order valence-corrected chi connectivity index (χ4v) is 4.07. The van der Waals surface area contributed by atoms with Crippen molar-refractivity contribution in [2.24, 2.45) is 0 Å². The number of methoxy groups -OCH3 is 1. The number of benzene rings is 1. The van der Waals surface area contributed by atoms with Crippen LogP contribution in [0.3, 0.4) is 0 Å². The third-order valence-corrected chi connectivity index (χ3v) is 5.85. The summed E-state index contributed by atoms with van der Waals surface area (Å²) in [5.41, 5.74) is 0.774. The van der Waals surface area contributed by atoms with Gasteiger partial charge in [-0.15, -0.1) is 0 Å². The number of rotatable bonds is 9. The van der Waals surface area contributed by atoms with E-state index in [1.807, 2.05) is 53.4 Å². The van der Waals surface area contributed by atoms with Gasteiger partial charge in [-0.2, -0.15) is 0 Å². The normalized spacial score (nSPS) is 13.4. The van der Waals surface area contributed by atoms with Crippen LogP contribution in [0.5, 0.6) is 0 Å². The van der Waals surface area contributed by atoms with Crippen molar-refractivity contribution in [3.63, 3.8) is 0 Å². The molecular weight excluding hydrogens is 450 g/mol. The third kappa shape index (κ3) is 5.81. The Morgan fingerprint density at radius 3 is 2.40 bits per heavy atom. The number of hydrogen-bond acceptors (Lipinski definition) is 10. The molecule has 0 aliphatic carbocycles. The number of piperazine rings is 1. The van der Waals surface area contributed by atoms with Crippen molar-refractivity contribution in [2.45, 2.75) is 13.0 Å². The van der Waals surface area contributed by atoms with Gasteiger partial charge in [0.1, 0.15) is 12.1 Å². The first kappa shape index (κ1) is 23.9. The van der Waals surface area contributed by atoms with Gasteiger partial charge in [-0.3, -0.25) is 14.9 Å². The lowest BCUT2D eigenvalue weighted by Gasteiger charge is -2.36. The molecule has 11 heteroatoms. The van der Waals surface area contributed by atoms with Gasteiger partial charge in [-0.05, 0) is 17.7 Å². The minimum atomic E-state index is -0.439. The Bertz CT molecular complexity index is 1140. The average Bonchev–Trinajstić information content (AvgIpc) is 2.91. The van der Waals surface area contributed by atoms with Crippen molar-refractivity contribution in [3.05, 3.63) is 76.7 Å². The predicted molar refractivity (Wildman–Crippen MR) is 131 cm³/mol. The Morgan fingerprint density at radius 1 is 1.03 bits per heavy atom. The van der Waals surface area contributed by atoms with Crippen molar-refractivity contribution in [1.29, 1.82) is 0 Å². The number of carbonyl (C=O) groups excluding carboxylic acids is 1. The molecule has 1 aliphatic rings. The lowest BCUT2D eigenvalue weighted by molar-refractivity contribution is -0.383. The first-order valence-electron chi connectivity index (χ1n) is 11.3. The molecule has 1 aliphatic heterocycles. The first-order chi connectivity index (χ1) is 17.1. The van der Waals surface area contributed by atoms with E-state index in [1.54, 1.807) is 11.1 Å². The molecule has 0 amide bonds. The van der Waals surface area contributed by atoms with E-state index in [0.29, 0.717) is 32.7 Å². The summed E-state index contributed by atoms with van der Waals surface area (Å²) in [6.45, 7) is 2.98. The van der Waals surface area contributed by atoms with Gasteiger partial charge >= 0.3 is 11.7 Å². The number of nitrogens with zero attached hydrogens (tertiary/aromatic N) is 7. The molecule has 182 valence electrons. The lowest BCUT2D eigenvalue weighted by Crippen LogP contribution is -2.47. The summed E-state index contributed by atoms with van der Waals surface area (Å²) in [7, 11) is 1.32. The Labute approximate surface area is 203 Å². The van der Waals surface area contributed by atoms with Gasteiger partial charge in [0.25, 0.3) is 0 Å². The van der Waals surface area contributed by atoms with Gasteiger partial charge in [-0.1, -0.05) is 36.4 Å². The Morgan fingerprint density at radius 2 is 1.74 bits per heavy atom. The van der Waals surface area contributed by atoms with Crippen LogP contribution < -0.4 is 14.7 Å². The molecular formula is C24H27N7O4. The van der Waals surface area contributed by atoms with E-state index >= 15 is 0 Å². The number of carbonyl (C=O) groups is 1. The molecule has 0 spiro atoms. The number of nitro groups is 1. The van der Waals surface area contributed by atoms with Crippen molar-refractivity contribution in [3.8, 4) is 0 Å². The smallest absolute Gasteiger partial charge is 0.353 e. The summed E-state index contributed by atoms with van der Waals surface area (Å²) in [5, 5.41) is 12.3. The van der Waals surface area contributed by atoms with E-state index in [1.165, 1.54) is 13.4 Å². The second-order valence-electron chi connectivity index (χ2n) is 8.02. The van der Waals surface area contributed by atoms with Crippen molar-refractivity contribution in [2.75, 3.05) is 54.5 Å². The summed E-state index contributed by atoms with van der Waals surface area (Å²) < 4.78 is 4.78. The minimum absolute atomic E-state index is 0.0720. The molecule has 0 N–H and O–H groups in total. The zero-order chi connectivity index (χ0) is 24.6. The largest absolute Gasteiger partial charge is 0.469 e. The molecule has 0 bridgehead atoms. The van der Waals surface area contributed by atoms with Gasteiger partial charge in [0, 0.05) is 45.5 Å². The quantitative estimate of drug-likeness (QED) is 0.259. The van der Waals surface area contributed by atoms with Crippen LogP contribution in [0.2, 0.25) is 0 Å². The molecule has 11 nitrogen and oxygen atoms in total. The molecule has 1 saturated heterocycles. The summed E-state index contributed by atoms with van der Waals surface area (Å²) in [4.78, 5) is 42.5. The van der Waals surface area contributed by atoms with Crippen LogP contribution in [0.15, 0.2) is 61.1 Å². The Hall–Kier alpha value is -4.28. The van der Waals surface area contributed by atoms with Crippen LogP contribution in [-0.2, 0) is 16.1 Å². The van der Waals surface area contributed by atoms with Crippen LogP contribution in [0.4, 0.5) is 23.1 Å². The maximum Gasteiger partial charge on any atom is 0.353 e. The molecule has 0 radical (unpaired) electrons. The molecule has 35 heavy (non-hydrogen) atoms. The van der Waals surface area contributed by atoms with Crippen LogP contribution in [0, 0.1) is 10.1 Å². The fourth-order valence-electron chi connectivity index (χ4n) is 4.07. The highest BCUT2D eigenvalue weighted by Crippen LogP contribution is 2.35. The Kier molecular flexibility index (Phi) is 7.66. The van der Waals surface area contributed by atoms with Crippen molar-refractivity contribution in [1.82, 2.24) is 15.0 Å². The zero-order valence-electron chi connectivity index (χ0n) is 19.5. The molecule has 4 rings (SSSR count). The zero-order valence-corrected chi connectivity index (χ0v) is 19.5. The van der Waals surface area contributed by atoms with Gasteiger partial charge in [0.15, 0.2) is 0 Å². The topological polar surface area (TPSA) is 118 Å². The number of ether oxygens (including phenoxy) is 1. The van der Waals surface area contributed by atoms with Gasteiger partial charge in [0.2, 0.25) is 11.6 Å². The highest BCUT2D eigenvalue weighted by atomic mass is 16.6. The monoisotopic (exact) mass is 477 g/mol. The Balaban J connectivity index is 1.61. The van der Waals surface area contributed by atoms with Crippen molar-refractivity contribution < 1.29 is 14.5 Å². The maximum atomic E-state index is 12.3. The number of hydrogen-bond donors (Lipinski definition) is 0. The van der Waals surface area contributed by atoms with E-state index < -0.39 is 10.9 Å². The summed E-state index contributed by atoms with van der Waals surface area (Å²) in [6.07, 6.45) is 3.17. The van der Waals surface area contributed by atoms with Crippen LogP contribution in [-0.4, -0.2) is 65.7 Å². The molecule has 3 aromatic rings. The summed E-state index contributed by atoms with van der Waals surface area (Å²) in [6, 6.07) is 15.3. The molecule has 2 aromatic heterocycles. The second kappa shape index (κ2) is 11.2. The van der Waals surface area contributed by atoms with E-state index in [2.05, 4.69) is 19.9 Å². The van der Waals surface area contributed by atoms with Crippen molar-refractivity contribution >= 4 is 29.1 Å². The molecule has 0 atom stereocenters. The SMILES string of the molecule is COC(=O)CCN(Cc1ccccc1)c1ncnc(N2CCN(c3ccccn3)CC2)c1[N+](=O)[O-]. The molecule has 0 saturated carbocycles. The number of anilines is 3. The van der Waals surface area contributed by atoms with Gasteiger partial charge in [0.05, 0.1) is 18.5 Å². The minimum Gasteiger partial charge on any atom is -0.469 e.